The molecule has 0 aliphatic heterocycles. The lowest BCUT2D eigenvalue weighted by Crippen LogP contribution is -2.04. The lowest BCUT2D eigenvalue weighted by Gasteiger charge is -2.06. The van der Waals surface area contributed by atoms with E-state index in [4.69, 9.17) is 10.4 Å². The van der Waals surface area contributed by atoms with E-state index in [1.165, 1.54) is 6.07 Å². The molecule has 0 saturated heterocycles. The van der Waals surface area contributed by atoms with Crippen LogP contribution in [-0.4, -0.2) is 10.1 Å². The van der Waals surface area contributed by atoms with Gasteiger partial charge in [-0.1, -0.05) is 0 Å². The molecular weight excluding hydrogens is 197 g/mol. The van der Waals surface area contributed by atoms with Crippen LogP contribution >= 0.6 is 0 Å². The number of alkyl halides is 2. The van der Waals surface area contributed by atoms with Crippen LogP contribution in [-0.2, 0) is 6.61 Å². The number of halogens is 3. The summed E-state index contributed by atoms with van der Waals surface area (Å²) in [5.74, 6) is -1.05. The molecule has 1 heterocycles. The average molecular weight is 202 g/mol. The molecule has 0 aromatic carbocycles. The second-order valence-corrected chi connectivity index (χ2v) is 2.42. The molecule has 0 bridgehead atoms. The predicted octanol–water partition coefficient (Wildman–Crippen LogP) is 1.52. The Morgan fingerprint density at radius 3 is 2.64 bits per heavy atom. The summed E-state index contributed by atoms with van der Waals surface area (Å²) in [7, 11) is 0. The Balaban J connectivity index is 3.37. The van der Waals surface area contributed by atoms with Crippen molar-refractivity contribution in [3.05, 3.63) is 28.8 Å². The summed E-state index contributed by atoms with van der Waals surface area (Å²) in [4.78, 5) is 3.21. The molecule has 0 spiro atoms. The summed E-state index contributed by atoms with van der Waals surface area (Å²) >= 11 is 0. The van der Waals surface area contributed by atoms with Gasteiger partial charge in [0.15, 0.2) is 0 Å². The minimum Gasteiger partial charge on any atom is -0.391 e. The van der Waals surface area contributed by atoms with Crippen LogP contribution in [0.3, 0.4) is 0 Å². The van der Waals surface area contributed by atoms with Crippen molar-refractivity contribution in [2.75, 3.05) is 0 Å². The molecule has 1 N–H and O–H groups in total. The van der Waals surface area contributed by atoms with Crippen LogP contribution in [0, 0.1) is 17.1 Å². The molecule has 0 unspecified atom stereocenters. The Bertz CT molecular complexity index is 387. The summed E-state index contributed by atoms with van der Waals surface area (Å²) in [5, 5.41) is 17.0. The van der Waals surface area contributed by atoms with E-state index >= 15 is 0 Å². The molecule has 0 fully saturated rings. The molecule has 1 aromatic heterocycles. The number of nitrogens with zero attached hydrogens (tertiary/aromatic N) is 2. The van der Waals surface area contributed by atoms with Crippen LogP contribution in [0.4, 0.5) is 13.2 Å². The van der Waals surface area contributed by atoms with Crippen molar-refractivity contribution in [3.8, 4) is 6.07 Å². The number of hydrogen-bond acceptors (Lipinski definition) is 3. The lowest BCUT2D eigenvalue weighted by molar-refractivity contribution is 0.140. The highest BCUT2D eigenvalue weighted by Crippen LogP contribution is 2.23. The fraction of sp³-hybridized carbons (Fsp3) is 0.250. The standard InChI is InChI=1S/C8H5F3N2O/c9-6-1-4(2-12)13-7(8(10)11)5(6)3-14/h1,8,14H,3H2. The highest BCUT2D eigenvalue weighted by molar-refractivity contribution is 5.30. The van der Waals surface area contributed by atoms with Gasteiger partial charge in [0.25, 0.3) is 6.43 Å². The fourth-order valence-electron chi connectivity index (χ4n) is 0.953. The van der Waals surface area contributed by atoms with Gasteiger partial charge in [-0.25, -0.2) is 18.2 Å². The fourth-order valence-corrected chi connectivity index (χ4v) is 0.953. The van der Waals surface area contributed by atoms with E-state index in [1.807, 2.05) is 0 Å². The van der Waals surface area contributed by atoms with Crippen LogP contribution in [0.25, 0.3) is 0 Å². The molecule has 6 heteroatoms. The normalized spacial score (nSPS) is 10.3. The molecule has 0 amide bonds. The van der Waals surface area contributed by atoms with Gasteiger partial charge < -0.3 is 5.11 Å². The predicted molar refractivity (Wildman–Crippen MR) is 39.8 cm³/mol. The number of hydrogen-bond donors (Lipinski definition) is 1. The van der Waals surface area contributed by atoms with Crippen molar-refractivity contribution < 1.29 is 18.3 Å². The first-order valence-corrected chi connectivity index (χ1v) is 3.58. The van der Waals surface area contributed by atoms with Crippen LogP contribution in [0.15, 0.2) is 6.07 Å². The van der Waals surface area contributed by atoms with Gasteiger partial charge in [0.05, 0.1) is 6.61 Å². The van der Waals surface area contributed by atoms with Gasteiger partial charge in [0.2, 0.25) is 0 Å². The van der Waals surface area contributed by atoms with Crippen LogP contribution in [0.2, 0.25) is 0 Å². The summed E-state index contributed by atoms with van der Waals surface area (Å²) in [6.45, 7) is -0.871. The quantitative estimate of drug-likeness (QED) is 0.790. The highest BCUT2D eigenvalue weighted by Gasteiger charge is 2.19. The number of aliphatic hydroxyl groups is 1. The van der Waals surface area contributed by atoms with Crippen LogP contribution in [0.1, 0.15) is 23.4 Å². The third-order valence-electron chi connectivity index (χ3n) is 1.58. The van der Waals surface area contributed by atoms with Crippen molar-refractivity contribution in [1.29, 1.82) is 5.26 Å². The molecule has 14 heavy (non-hydrogen) atoms. The first-order valence-electron chi connectivity index (χ1n) is 3.58. The molecule has 74 valence electrons. The van der Waals surface area contributed by atoms with Crippen molar-refractivity contribution in [1.82, 2.24) is 4.98 Å². The average Bonchev–Trinajstić information content (AvgIpc) is 2.16. The zero-order chi connectivity index (χ0) is 10.7. The molecule has 0 aliphatic carbocycles. The SMILES string of the molecule is N#Cc1cc(F)c(CO)c(C(F)F)n1. The molecule has 1 rings (SSSR count). The van der Waals surface area contributed by atoms with Gasteiger partial charge in [-0.2, -0.15) is 5.26 Å². The number of rotatable bonds is 2. The lowest BCUT2D eigenvalue weighted by atomic mass is 10.1. The summed E-state index contributed by atoms with van der Waals surface area (Å²) in [6, 6.07) is 2.15. The van der Waals surface area contributed by atoms with Crippen molar-refractivity contribution in [2.24, 2.45) is 0 Å². The minimum absolute atomic E-state index is 0.435. The second-order valence-electron chi connectivity index (χ2n) is 2.42. The second kappa shape index (κ2) is 4.07. The molecule has 0 aliphatic rings. The first-order chi connectivity index (χ1) is 6.60. The molecule has 3 nitrogen and oxygen atoms in total. The van der Waals surface area contributed by atoms with E-state index < -0.39 is 35.8 Å². The maximum atomic E-state index is 13.0. The van der Waals surface area contributed by atoms with Gasteiger partial charge in [0.1, 0.15) is 23.3 Å². The maximum absolute atomic E-state index is 13.0. The Morgan fingerprint density at radius 1 is 1.57 bits per heavy atom. The molecule has 1 aromatic rings. The Hall–Kier alpha value is -1.61. The topological polar surface area (TPSA) is 56.9 Å². The van der Waals surface area contributed by atoms with Gasteiger partial charge in [0, 0.05) is 11.6 Å². The van der Waals surface area contributed by atoms with Crippen molar-refractivity contribution in [2.45, 2.75) is 13.0 Å². The molecule has 0 saturated carbocycles. The third-order valence-corrected chi connectivity index (χ3v) is 1.58. The summed E-state index contributed by atoms with van der Waals surface area (Å²) < 4.78 is 37.5. The van der Waals surface area contributed by atoms with E-state index in [0.29, 0.717) is 6.07 Å². The Morgan fingerprint density at radius 2 is 2.21 bits per heavy atom. The van der Waals surface area contributed by atoms with Gasteiger partial charge in [-0.3, -0.25) is 0 Å². The number of nitriles is 1. The Labute approximate surface area is 77.4 Å². The number of aromatic nitrogens is 1. The number of aliphatic hydroxyl groups excluding tert-OH is 1. The Kier molecular flexibility index (Phi) is 3.04. The van der Waals surface area contributed by atoms with Gasteiger partial charge in [-0.05, 0) is 0 Å². The largest absolute Gasteiger partial charge is 0.391 e. The van der Waals surface area contributed by atoms with E-state index in [0.717, 1.165) is 0 Å². The maximum Gasteiger partial charge on any atom is 0.280 e. The zero-order valence-corrected chi connectivity index (χ0v) is 6.84. The van der Waals surface area contributed by atoms with E-state index in [9.17, 15) is 13.2 Å². The zero-order valence-electron chi connectivity index (χ0n) is 6.84. The summed E-state index contributed by atoms with van der Waals surface area (Å²) in [6.07, 6.45) is -3.01. The molecular formula is C8H5F3N2O. The van der Waals surface area contributed by atoms with Gasteiger partial charge >= 0.3 is 0 Å². The smallest absolute Gasteiger partial charge is 0.280 e. The minimum atomic E-state index is -3.01. The van der Waals surface area contributed by atoms with Crippen LogP contribution in [0.5, 0.6) is 0 Å². The monoisotopic (exact) mass is 202 g/mol. The first kappa shape index (κ1) is 10.5. The highest BCUT2D eigenvalue weighted by atomic mass is 19.3. The van der Waals surface area contributed by atoms with Gasteiger partial charge in [-0.15, -0.1) is 0 Å². The third kappa shape index (κ3) is 1.83. The van der Waals surface area contributed by atoms with E-state index in [-0.39, 0.29) is 0 Å². The van der Waals surface area contributed by atoms with Crippen molar-refractivity contribution in [3.63, 3.8) is 0 Å². The number of pyridine rings is 1. The van der Waals surface area contributed by atoms with E-state index in [1.54, 1.807) is 0 Å². The van der Waals surface area contributed by atoms with E-state index in [2.05, 4.69) is 4.98 Å². The summed E-state index contributed by atoms with van der Waals surface area (Å²) in [5.41, 5.74) is -1.89. The van der Waals surface area contributed by atoms with Crippen molar-refractivity contribution >= 4 is 0 Å². The molecule has 0 atom stereocenters. The van der Waals surface area contributed by atoms with Crippen LogP contribution < -0.4 is 0 Å². The molecule has 0 radical (unpaired) electrons.